The van der Waals surface area contributed by atoms with Gasteiger partial charge >= 0.3 is 0 Å². The van der Waals surface area contributed by atoms with Crippen molar-refractivity contribution in [1.82, 2.24) is 0 Å². The highest BCUT2D eigenvalue weighted by Crippen LogP contribution is 2.18. The fourth-order valence-electron chi connectivity index (χ4n) is 2.22. The van der Waals surface area contributed by atoms with Gasteiger partial charge in [-0.1, -0.05) is 31.2 Å². The van der Waals surface area contributed by atoms with Crippen molar-refractivity contribution >= 4 is 5.69 Å². The van der Waals surface area contributed by atoms with Crippen LogP contribution in [-0.4, -0.2) is 6.54 Å². The van der Waals surface area contributed by atoms with Gasteiger partial charge in [0.15, 0.2) is 0 Å². The van der Waals surface area contributed by atoms with Gasteiger partial charge in [-0.3, -0.25) is 0 Å². The lowest BCUT2D eigenvalue weighted by Gasteiger charge is -2.24. The highest BCUT2D eigenvalue weighted by atomic mass is 19.1. The molecule has 0 saturated carbocycles. The lowest BCUT2D eigenvalue weighted by atomic mass is 10.1. The Bertz CT molecular complexity index is 520. The monoisotopic (exact) mass is 272 g/mol. The maximum Gasteiger partial charge on any atom is 0.123 e. The number of nitrogens with zero attached hydrogens (tertiary/aromatic N) is 1. The SMILES string of the molecule is CCCN(Cc1ccc(F)cc1)c1ccc(CN)cc1. The highest BCUT2D eigenvalue weighted by molar-refractivity contribution is 5.48. The molecule has 0 amide bonds. The standard InChI is InChI=1S/C17H21FN2/c1-2-11-20(13-15-3-7-16(18)8-4-15)17-9-5-14(12-19)6-10-17/h3-10H,2,11-13,19H2,1H3. The third-order valence-corrected chi connectivity index (χ3v) is 3.32. The van der Waals surface area contributed by atoms with Gasteiger partial charge in [-0.25, -0.2) is 4.39 Å². The minimum absolute atomic E-state index is 0.192. The second-order valence-electron chi connectivity index (χ2n) is 4.92. The number of halogens is 1. The summed E-state index contributed by atoms with van der Waals surface area (Å²) in [5.41, 5.74) is 9.04. The van der Waals surface area contributed by atoms with E-state index in [0.717, 1.165) is 30.6 Å². The Balaban J connectivity index is 2.14. The molecule has 0 radical (unpaired) electrons. The summed E-state index contributed by atoms with van der Waals surface area (Å²) in [6.45, 7) is 4.48. The average molecular weight is 272 g/mol. The van der Waals surface area contributed by atoms with Crippen molar-refractivity contribution in [2.45, 2.75) is 26.4 Å². The lowest BCUT2D eigenvalue weighted by molar-refractivity contribution is 0.626. The minimum atomic E-state index is -0.192. The van der Waals surface area contributed by atoms with Crippen LogP contribution in [0.4, 0.5) is 10.1 Å². The van der Waals surface area contributed by atoms with E-state index in [-0.39, 0.29) is 5.82 Å². The van der Waals surface area contributed by atoms with Crippen LogP contribution < -0.4 is 10.6 Å². The molecule has 2 aromatic carbocycles. The van der Waals surface area contributed by atoms with E-state index in [4.69, 9.17) is 5.73 Å². The summed E-state index contributed by atoms with van der Waals surface area (Å²) in [6, 6.07) is 15.0. The Morgan fingerprint density at radius 2 is 1.55 bits per heavy atom. The van der Waals surface area contributed by atoms with Crippen molar-refractivity contribution in [3.8, 4) is 0 Å². The molecule has 2 nitrogen and oxygen atoms in total. The van der Waals surface area contributed by atoms with Crippen molar-refractivity contribution in [1.29, 1.82) is 0 Å². The first kappa shape index (κ1) is 14.5. The molecule has 0 atom stereocenters. The Morgan fingerprint density at radius 1 is 0.950 bits per heavy atom. The molecular weight excluding hydrogens is 251 g/mol. The number of hydrogen-bond donors (Lipinski definition) is 1. The summed E-state index contributed by atoms with van der Waals surface area (Å²) >= 11 is 0. The van der Waals surface area contributed by atoms with Gasteiger partial charge in [0.1, 0.15) is 5.82 Å². The molecule has 0 fully saturated rings. The fourth-order valence-corrected chi connectivity index (χ4v) is 2.22. The number of nitrogens with two attached hydrogens (primary N) is 1. The van der Waals surface area contributed by atoms with Crippen LogP contribution >= 0.6 is 0 Å². The number of anilines is 1. The van der Waals surface area contributed by atoms with E-state index < -0.39 is 0 Å². The van der Waals surface area contributed by atoms with Crippen LogP contribution in [0.25, 0.3) is 0 Å². The zero-order valence-electron chi connectivity index (χ0n) is 11.8. The maximum atomic E-state index is 13.0. The van der Waals surface area contributed by atoms with Crippen LogP contribution in [0.2, 0.25) is 0 Å². The highest BCUT2D eigenvalue weighted by Gasteiger charge is 2.06. The van der Waals surface area contributed by atoms with Crippen LogP contribution in [0.1, 0.15) is 24.5 Å². The number of hydrogen-bond acceptors (Lipinski definition) is 2. The fraction of sp³-hybridized carbons (Fsp3) is 0.294. The van der Waals surface area contributed by atoms with Gasteiger partial charge < -0.3 is 10.6 Å². The van der Waals surface area contributed by atoms with Gasteiger partial charge in [-0.05, 0) is 41.8 Å². The molecule has 0 aliphatic rings. The first-order valence-electron chi connectivity index (χ1n) is 7.01. The van der Waals surface area contributed by atoms with E-state index in [1.807, 2.05) is 12.1 Å². The molecular formula is C17H21FN2. The third kappa shape index (κ3) is 3.81. The van der Waals surface area contributed by atoms with Crippen molar-refractivity contribution in [3.05, 3.63) is 65.5 Å². The summed E-state index contributed by atoms with van der Waals surface area (Å²) < 4.78 is 13.0. The van der Waals surface area contributed by atoms with Crippen molar-refractivity contribution in [3.63, 3.8) is 0 Å². The molecule has 0 aromatic heterocycles. The van der Waals surface area contributed by atoms with Gasteiger partial charge in [0.25, 0.3) is 0 Å². The molecule has 2 N–H and O–H groups in total. The van der Waals surface area contributed by atoms with Gasteiger partial charge in [0.05, 0.1) is 0 Å². The zero-order chi connectivity index (χ0) is 14.4. The zero-order valence-corrected chi connectivity index (χ0v) is 11.8. The van der Waals surface area contributed by atoms with Crippen LogP contribution in [0.3, 0.4) is 0 Å². The first-order valence-corrected chi connectivity index (χ1v) is 7.01. The first-order chi connectivity index (χ1) is 9.72. The van der Waals surface area contributed by atoms with Crippen molar-refractivity contribution in [2.75, 3.05) is 11.4 Å². The quantitative estimate of drug-likeness (QED) is 0.868. The van der Waals surface area contributed by atoms with E-state index in [1.165, 1.54) is 17.8 Å². The molecule has 0 unspecified atom stereocenters. The van der Waals surface area contributed by atoms with Gasteiger partial charge in [-0.2, -0.15) is 0 Å². The lowest BCUT2D eigenvalue weighted by Crippen LogP contribution is -2.23. The second-order valence-corrected chi connectivity index (χ2v) is 4.92. The molecule has 0 spiro atoms. The summed E-state index contributed by atoms with van der Waals surface area (Å²) in [5, 5.41) is 0. The summed E-state index contributed by atoms with van der Waals surface area (Å²) in [6.07, 6.45) is 1.07. The summed E-state index contributed by atoms with van der Waals surface area (Å²) in [7, 11) is 0. The molecule has 0 aliphatic carbocycles. The van der Waals surface area contributed by atoms with Crippen LogP contribution in [0, 0.1) is 5.82 Å². The molecule has 0 saturated heterocycles. The molecule has 2 aromatic rings. The van der Waals surface area contributed by atoms with Gasteiger partial charge in [0, 0.05) is 25.3 Å². The Hall–Kier alpha value is -1.87. The smallest absolute Gasteiger partial charge is 0.123 e. The van der Waals surface area contributed by atoms with Crippen molar-refractivity contribution < 1.29 is 4.39 Å². The third-order valence-electron chi connectivity index (χ3n) is 3.32. The van der Waals surface area contributed by atoms with E-state index in [2.05, 4.69) is 36.1 Å². The Labute approximate surface area is 120 Å². The van der Waals surface area contributed by atoms with E-state index in [0.29, 0.717) is 6.54 Å². The largest absolute Gasteiger partial charge is 0.367 e. The topological polar surface area (TPSA) is 29.3 Å². The van der Waals surface area contributed by atoms with Crippen LogP contribution in [0.15, 0.2) is 48.5 Å². The normalized spacial score (nSPS) is 10.6. The Kier molecular flexibility index (Phi) is 5.13. The molecule has 2 rings (SSSR count). The summed E-state index contributed by atoms with van der Waals surface area (Å²) in [4.78, 5) is 2.30. The van der Waals surface area contributed by atoms with Gasteiger partial charge in [-0.15, -0.1) is 0 Å². The van der Waals surface area contributed by atoms with E-state index in [1.54, 1.807) is 0 Å². The summed E-state index contributed by atoms with van der Waals surface area (Å²) in [5.74, 6) is -0.192. The van der Waals surface area contributed by atoms with Crippen LogP contribution in [0.5, 0.6) is 0 Å². The maximum absolute atomic E-state index is 13.0. The second kappa shape index (κ2) is 7.06. The van der Waals surface area contributed by atoms with E-state index in [9.17, 15) is 4.39 Å². The molecule has 106 valence electrons. The Morgan fingerprint density at radius 3 is 2.10 bits per heavy atom. The van der Waals surface area contributed by atoms with E-state index >= 15 is 0 Å². The molecule has 0 aliphatic heterocycles. The molecule has 20 heavy (non-hydrogen) atoms. The minimum Gasteiger partial charge on any atom is -0.367 e. The predicted octanol–water partition coefficient (Wildman–Crippen LogP) is 3.70. The van der Waals surface area contributed by atoms with Gasteiger partial charge in [0.2, 0.25) is 0 Å². The molecule has 0 bridgehead atoms. The average Bonchev–Trinajstić information content (AvgIpc) is 2.49. The number of benzene rings is 2. The molecule has 0 heterocycles. The number of rotatable bonds is 6. The molecule has 3 heteroatoms. The van der Waals surface area contributed by atoms with Crippen LogP contribution in [-0.2, 0) is 13.1 Å². The van der Waals surface area contributed by atoms with Crippen molar-refractivity contribution in [2.24, 2.45) is 5.73 Å². The predicted molar refractivity (Wildman–Crippen MR) is 82.1 cm³/mol.